The molecule has 0 aromatic rings. The zero-order valence-electron chi connectivity index (χ0n) is 11.6. The topological polar surface area (TPSA) is 21.3 Å². The Balaban J connectivity index is 2.52. The van der Waals surface area contributed by atoms with Crippen LogP contribution in [-0.2, 0) is 4.74 Å². The number of hydrogen-bond acceptors (Lipinski definition) is 2. The molecule has 1 heterocycles. The second-order valence-corrected chi connectivity index (χ2v) is 6.95. The molecule has 2 atom stereocenters. The molecule has 0 bridgehead atoms. The van der Waals surface area contributed by atoms with Crippen LogP contribution in [0.1, 0.15) is 40.0 Å². The average Bonchev–Trinajstić information content (AvgIpc) is 2.31. The van der Waals surface area contributed by atoms with Crippen molar-refractivity contribution in [3.05, 3.63) is 12.2 Å². The summed E-state index contributed by atoms with van der Waals surface area (Å²) in [6.45, 7) is 8.89. The van der Waals surface area contributed by atoms with Crippen molar-refractivity contribution in [1.82, 2.24) is 5.32 Å². The minimum absolute atomic E-state index is 0.382. The molecule has 0 saturated carbocycles. The van der Waals surface area contributed by atoms with Gasteiger partial charge in [-0.15, -0.1) is 8.58 Å². The van der Waals surface area contributed by atoms with Gasteiger partial charge in [0.05, 0.1) is 12.7 Å². The van der Waals surface area contributed by atoms with Gasteiger partial charge in [-0.1, -0.05) is 26.0 Å². The number of allylic oxidation sites excluding steroid dienone is 1. The first-order valence-electron chi connectivity index (χ1n) is 6.78. The van der Waals surface area contributed by atoms with Crippen molar-refractivity contribution in [2.75, 3.05) is 25.6 Å². The maximum Gasteiger partial charge on any atom is 0.0614 e. The van der Waals surface area contributed by atoms with E-state index >= 15 is 0 Å². The third-order valence-electron chi connectivity index (χ3n) is 3.28. The van der Waals surface area contributed by atoms with E-state index in [9.17, 15) is 0 Å². The Morgan fingerprint density at radius 2 is 2.29 bits per heavy atom. The van der Waals surface area contributed by atoms with Crippen LogP contribution < -0.4 is 5.32 Å². The lowest BCUT2D eigenvalue weighted by Crippen LogP contribution is -2.26. The Kier molecular flexibility index (Phi) is 7.34. The van der Waals surface area contributed by atoms with Crippen molar-refractivity contribution in [1.29, 1.82) is 0 Å². The molecule has 2 unspecified atom stereocenters. The molecular formula is C14H28NOP. The van der Waals surface area contributed by atoms with Crippen molar-refractivity contribution < 1.29 is 4.74 Å². The third-order valence-corrected chi connectivity index (χ3v) is 4.33. The van der Waals surface area contributed by atoms with Gasteiger partial charge in [0, 0.05) is 6.29 Å². The van der Waals surface area contributed by atoms with Crippen molar-refractivity contribution in [3.63, 3.8) is 0 Å². The van der Waals surface area contributed by atoms with E-state index in [1.165, 1.54) is 25.3 Å². The van der Waals surface area contributed by atoms with E-state index in [2.05, 4.69) is 38.2 Å². The Hall–Kier alpha value is 0.0900. The summed E-state index contributed by atoms with van der Waals surface area (Å²) in [5, 5.41) is 3.54. The van der Waals surface area contributed by atoms with E-state index in [-0.39, 0.29) is 0 Å². The van der Waals surface area contributed by atoms with Gasteiger partial charge in [0.25, 0.3) is 0 Å². The van der Waals surface area contributed by atoms with E-state index in [0.29, 0.717) is 11.5 Å². The van der Waals surface area contributed by atoms with Crippen molar-refractivity contribution in [2.45, 2.75) is 46.1 Å². The van der Waals surface area contributed by atoms with E-state index in [4.69, 9.17) is 4.74 Å². The molecule has 17 heavy (non-hydrogen) atoms. The lowest BCUT2D eigenvalue weighted by atomic mass is 9.82. The third kappa shape index (κ3) is 7.18. The summed E-state index contributed by atoms with van der Waals surface area (Å²) in [4.78, 5) is 0. The van der Waals surface area contributed by atoms with Crippen LogP contribution in [0.25, 0.3) is 0 Å². The lowest BCUT2D eigenvalue weighted by molar-refractivity contribution is 0.0323. The molecule has 0 aromatic carbocycles. The smallest absolute Gasteiger partial charge is 0.0614 e. The molecule has 1 rings (SSSR count). The summed E-state index contributed by atoms with van der Waals surface area (Å²) in [5.74, 6) is 0. The number of ether oxygens (including phenoxy) is 1. The quantitative estimate of drug-likeness (QED) is 0.605. The van der Waals surface area contributed by atoms with Crippen LogP contribution in [0.2, 0.25) is 0 Å². The Morgan fingerprint density at radius 1 is 1.47 bits per heavy atom. The first kappa shape index (κ1) is 15.1. The van der Waals surface area contributed by atoms with Crippen molar-refractivity contribution in [3.8, 4) is 0 Å². The monoisotopic (exact) mass is 257 g/mol. The minimum Gasteiger partial charge on any atom is -0.378 e. The standard InChI is InChI=1S/C14H28NOP/c1-4-5-6-13-11-14(2,3)7-8-15-12-17-10-9-16-13/h4-5,13,15,17H,6-12H2,1-3H3/b5-4-. The average molecular weight is 257 g/mol. The van der Waals surface area contributed by atoms with Crippen molar-refractivity contribution >= 4 is 8.58 Å². The summed E-state index contributed by atoms with van der Waals surface area (Å²) in [7, 11) is 1.000. The largest absolute Gasteiger partial charge is 0.378 e. The van der Waals surface area contributed by atoms with Crippen LogP contribution in [0.15, 0.2) is 12.2 Å². The Labute approximate surface area is 108 Å². The predicted molar refractivity (Wildman–Crippen MR) is 78.2 cm³/mol. The van der Waals surface area contributed by atoms with Gasteiger partial charge >= 0.3 is 0 Å². The molecule has 0 spiro atoms. The molecule has 100 valence electrons. The predicted octanol–water partition coefficient (Wildman–Crippen LogP) is 3.38. The number of hydrogen-bond donors (Lipinski definition) is 1. The van der Waals surface area contributed by atoms with Gasteiger partial charge in [-0.2, -0.15) is 0 Å². The van der Waals surface area contributed by atoms with Gasteiger partial charge < -0.3 is 10.1 Å². The van der Waals surface area contributed by atoms with E-state index in [1.807, 2.05) is 0 Å². The molecule has 0 aliphatic carbocycles. The van der Waals surface area contributed by atoms with Crippen LogP contribution in [0.4, 0.5) is 0 Å². The highest BCUT2D eigenvalue weighted by Crippen LogP contribution is 2.29. The summed E-state index contributed by atoms with van der Waals surface area (Å²) in [6.07, 6.45) is 10.6. The summed E-state index contributed by atoms with van der Waals surface area (Å²) in [5.41, 5.74) is 0.382. The van der Waals surface area contributed by atoms with E-state index < -0.39 is 0 Å². The van der Waals surface area contributed by atoms with E-state index in [1.54, 1.807) is 0 Å². The lowest BCUT2D eigenvalue weighted by Gasteiger charge is -2.29. The molecule has 1 N–H and O–H groups in total. The van der Waals surface area contributed by atoms with Crippen LogP contribution in [-0.4, -0.2) is 31.7 Å². The Morgan fingerprint density at radius 3 is 3.06 bits per heavy atom. The first-order valence-corrected chi connectivity index (χ1v) is 8.20. The van der Waals surface area contributed by atoms with Crippen LogP contribution in [0.5, 0.6) is 0 Å². The molecule has 3 heteroatoms. The van der Waals surface area contributed by atoms with Crippen LogP contribution >= 0.6 is 8.58 Å². The van der Waals surface area contributed by atoms with Gasteiger partial charge in [0.2, 0.25) is 0 Å². The van der Waals surface area contributed by atoms with Gasteiger partial charge in [0.15, 0.2) is 0 Å². The van der Waals surface area contributed by atoms with E-state index in [0.717, 1.165) is 28.2 Å². The maximum absolute atomic E-state index is 6.04. The minimum atomic E-state index is 0.382. The summed E-state index contributed by atoms with van der Waals surface area (Å²) >= 11 is 0. The second kappa shape index (κ2) is 8.24. The molecule has 1 aliphatic heterocycles. The highest BCUT2D eigenvalue weighted by molar-refractivity contribution is 7.37. The fraction of sp³-hybridized carbons (Fsp3) is 0.857. The molecule has 0 amide bonds. The van der Waals surface area contributed by atoms with Gasteiger partial charge in [-0.25, -0.2) is 0 Å². The highest BCUT2D eigenvalue weighted by Gasteiger charge is 2.23. The molecule has 1 saturated heterocycles. The van der Waals surface area contributed by atoms with Gasteiger partial charge in [-0.3, -0.25) is 0 Å². The zero-order chi connectivity index (χ0) is 12.6. The molecule has 0 radical (unpaired) electrons. The fourth-order valence-electron chi connectivity index (χ4n) is 2.21. The SMILES string of the molecule is C/C=C\CC1CC(C)(C)CCNCPCCO1. The number of nitrogens with one attached hydrogen (secondary N) is 1. The Bertz CT molecular complexity index is 228. The molecule has 2 nitrogen and oxygen atoms in total. The fourth-order valence-corrected chi connectivity index (χ4v) is 3.00. The molecule has 1 aliphatic rings. The first-order chi connectivity index (χ1) is 8.14. The summed E-state index contributed by atoms with van der Waals surface area (Å²) in [6, 6.07) is 0. The normalized spacial score (nSPS) is 29.2. The second-order valence-electron chi connectivity index (χ2n) is 5.59. The maximum atomic E-state index is 6.04. The molecular weight excluding hydrogens is 229 g/mol. The molecule has 1 fully saturated rings. The van der Waals surface area contributed by atoms with Crippen molar-refractivity contribution in [2.24, 2.45) is 5.41 Å². The summed E-state index contributed by atoms with van der Waals surface area (Å²) < 4.78 is 6.04. The number of rotatable bonds is 2. The molecule has 0 aromatic heterocycles. The van der Waals surface area contributed by atoms with Gasteiger partial charge in [-0.05, 0) is 44.3 Å². The van der Waals surface area contributed by atoms with Crippen LogP contribution in [0.3, 0.4) is 0 Å². The zero-order valence-corrected chi connectivity index (χ0v) is 12.6. The highest BCUT2D eigenvalue weighted by atomic mass is 31.1. The van der Waals surface area contributed by atoms with Crippen LogP contribution in [0, 0.1) is 5.41 Å². The van der Waals surface area contributed by atoms with Gasteiger partial charge in [0.1, 0.15) is 0 Å².